The Morgan fingerprint density at radius 1 is 1.05 bits per heavy atom. The molecule has 108 valence electrons. The number of nitrogens with one attached hydrogen (secondary N) is 2. The molecule has 2 aromatic rings. The summed E-state index contributed by atoms with van der Waals surface area (Å²) in [5.74, 6) is -1.03. The number of urea groups is 1. The Balaban J connectivity index is 2.06. The highest BCUT2D eigenvalue weighted by Gasteiger charge is 2.09. The van der Waals surface area contributed by atoms with Crippen LogP contribution < -0.4 is 10.6 Å². The maximum atomic E-state index is 11.8. The fraction of sp³-hybridized carbons (Fsp3) is 0. The standard InChI is InChI=1S/C14H10BrClN2O3/c15-11-7-8(13(19)20)1-6-12(11)18-14(21)17-10-4-2-9(16)3-5-10/h1-7H,(H,19,20)(H2,17,18,21). The minimum atomic E-state index is -1.03. The number of aromatic carboxylic acids is 1. The monoisotopic (exact) mass is 368 g/mol. The van der Waals surface area contributed by atoms with Gasteiger partial charge < -0.3 is 15.7 Å². The Labute approximate surface area is 134 Å². The number of amides is 2. The first-order valence-corrected chi connectivity index (χ1v) is 6.99. The number of carboxylic acid groups (broad SMARTS) is 1. The first-order chi connectivity index (χ1) is 9.95. The quantitative estimate of drug-likeness (QED) is 0.748. The second-order valence-corrected chi connectivity index (χ2v) is 5.38. The van der Waals surface area contributed by atoms with E-state index in [1.807, 2.05) is 0 Å². The topological polar surface area (TPSA) is 78.4 Å². The van der Waals surface area contributed by atoms with Crippen LogP contribution in [0.15, 0.2) is 46.9 Å². The predicted octanol–water partition coefficient (Wildman–Crippen LogP) is 4.44. The number of halogens is 2. The van der Waals surface area contributed by atoms with Gasteiger partial charge in [-0.25, -0.2) is 9.59 Å². The molecule has 3 N–H and O–H groups in total. The summed E-state index contributed by atoms with van der Waals surface area (Å²) in [6, 6.07) is 10.6. The van der Waals surface area contributed by atoms with Gasteiger partial charge in [-0.05, 0) is 58.4 Å². The van der Waals surface area contributed by atoms with Crippen LogP contribution in [-0.2, 0) is 0 Å². The van der Waals surface area contributed by atoms with Crippen molar-refractivity contribution >= 4 is 50.9 Å². The second kappa shape index (κ2) is 6.60. The summed E-state index contributed by atoms with van der Waals surface area (Å²) in [6.07, 6.45) is 0. The summed E-state index contributed by atoms with van der Waals surface area (Å²) in [5.41, 5.74) is 1.19. The molecule has 0 aromatic heterocycles. The fourth-order valence-corrected chi connectivity index (χ4v) is 2.17. The van der Waals surface area contributed by atoms with Crippen molar-refractivity contribution in [3.05, 3.63) is 57.5 Å². The Morgan fingerprint density at radius 2 is 1.71 bits per heavy atom. The van der Waals surface area contributed by atoms with Crippen LogP contribution in [0.2, 0.25) is 5.02 Å². The molecule has 7 heteroatoms. The smallest absolute Gasteiger partial charge is 0.335 e. The lowest BCUT2D eigenvalue weighted by Gasteiger charge is -2.09. The van der Waals surface area contributed by atoms with Gasteiger partial charge in [-0.3, -0.25) is 0 Å². The van der Waals surface area contributed by atoms with Gasteiger partial charge in [0.15, 0.2) is 0 Å². The molecule has 2 aromatic carbocycles. The van der Waals surface area contributed by atoms with Gasteiger partial charge in [0.2, 0.25) is 0 Å². The maximum absolute atomic E-state index is 11.8. The van der Waals surface area contributed by atoms with Crippen molar-refractivity contribution < 1.29 is 14.7 Å². The zero-order chi connectivity index (χ0) is 15.4. The minimum absolute atomic E-state index is 0.130. The molecule has 0 fully saturated rings. The van der Waals surface area contributed by atoms with Gasteiger partial charge in [0.25, 0.3) is 0 Å². The molecule has 0 saturated heterocycles. The fourth-order valence-electron chi connectivity index (χ4n) is 1.57. The van der Waals surface area contributed by atoms with Crippen LogP contribution >= 0.6 is 27.5 Å². The van der Waals surface area contributed by atoms with Crippen molar-refractivity contribution in [1.82, 2.24) is 0 Å². The van der Waals surface area contributed by atoms with E-state index >= 15 is 0 Å². The lowest BCUT2D eigenvalue weighted by molar-refractivity contribution is 0.0697. The van der Waals surface area contributed by atoms with E-state index in [0.717, 1.165) is 0 Å². The summed E-state index contributed by atoms with van der Waals surface area (Å²) in [7, 11) is 0. The molecule has 21 heavy (non-hydrogen) atoms. The van der Waals surface area contributed by atoms with E-state index in [1.54, 1.807) is 24.3 Å². The van der Waals surface area contributed by atoms with Crippen LogP contribution in [0.1, 0.15) is 10.4 Å². The molecular weight excluding hydrogens is 360 g/mol. The number of hydrogen-bond donors (Lipinski definition) is 3. The molecule has 2 amide bonds. The maximum Gasteiger partial charge on any atom is 0.335 e. The molecule has 0 aliphatic rings. The third-order valence-electron chi connectivity index (χ3n) is 2.57. The molecule has 0 heterocycles. The van der Waals surface area contributed by atoms with Gasteiger partial charge in [-0.1, -0.05) is 11.6 Å². The van der Waals surface area contributed by atoms with Gasteiger partial charge in [-0.2, -0.15) is 0 Å². The Morgan fingerprint density at radius 3 is 2.29 bits per heavy atom. The molecule has 0 atom stereocenters. The van der Waals surface area contributed by atoms with E-state index in [2.05, 4.69) is 26.6 Å². The van der Waals surface area contributed by atoms with Crippen LogP contribution in [-0.4, -0.2) is 17.1 Å². The average molecular weight is 370 g/mol. The number of anilines is 2. The third kappa shape index (κ3) is 4.21. The molecule has 0 aliphatic carbocycles. The predicted molar refractivity (Wildman–Crippen MR) is 85.2 cm³/mol. The molecule has 0 saturated carbocycles. The first kappa shape index (κ1) is 15.3. The SMILES string of the molecule is O=C(Nc1ccc(Cl)cc1)Nc1ccc(C(=O)O)cc1Br. The molecule has 0 unspecified atom stereocenters. The molecule has 0 spiro atoms. The second-order valence-electron chi connectivity index (χ2n) is 4.09. The Kier molecular flexibility index (Phi) is 4.82. The van der Waals surface area contributed by atoms with E-state index < -0.39 is 12.0 Å². The largest absolute Gasteiger partial charge is 0.478 e. The number of carbonyl (C=O) groups excluding carboxylic acids is 1. The Bertz CT molecular complexity index is 689. The van der Waals surface area contributed by atoms with Gasteiger partial charge in [-0.15, -0.1) is 0 Å². The molecule has 2 rings (SSSR count). The summed E-state index contributed by atoms with van der Waals surface area (Å²) >= 11 is 8.97. The lowest BCUT2D eigenvalue weighted by atomic mass is 10.2. The van der Waals surface area contributed by atoms with Crippen molar-refractivity contribution in [3.63, 3.8) is 0 Å². The van der Waals surface area contributed by atoms with Crippen LogP contribution in [0.5, 0.6) is 0 Å². The van der Waals surface area contributed by atoms with E-state index in [4.69, 9.17) is 16.7 Å². The number of rotatable bonds is 3. The van der Waals surface area contributed by atoms with Crippen LogP contribution in [0.25, 0.3) is 0 Å². The van der Waals surface area contributed by atoms with Crippen LogP contribution in [0, 0.1) is 0 Å². The zero-order valence-corrected chi connectivity index (χ0v) is 12.9. The summed E-state index contributed by atoms with van der Waals surface area (Å²) in [6.45, 7) is 0. The third-order valence-corrected chi connectivity index (χ3v) is 3.47. The molecule has 0 aliphatic heterocycles. The number of hydrogen-bond acceptors (Lipinski definition) is 2. The van der Waals surface area contributed by atoms with Crippen molar-refractivity contribution in [2.24, 2.45) is 0 Å². The molecule has 5 nitrogen and oxygen atoms in total. The minimum Gasteiger partial charge on any atom is -0.478 e. The highest BCUT2D eigenvalue weighted by Crippen LogP contribution is 2.24. The van der Waals surface area contributed by atoms with Gasteiger partial charge in [0.1, 0.15) is 0 Å². The molecule has 0 radical (unpaired) electrons. The average Bonchev–Trinajstić information content (AvgIpc) is 2.43. The highest BCUT2D eigenvalue weighted by atomic mass is 79.9. The number of benzene rings is 2. The van der Waals surface area contributed by atoms with Gasteiger partial charge in [0, 0.05) is 15.2 Å². The zero-order valence-electron chi connectivity index (χ0n) is 10.6. The van der Waals surface area contributed by atoms with Gasteiger partial charge >= 0.3 is 12.0 Å². The van der Waals surface area contributed by atoms with Crippen molar-refractivity contribution in [2.45, 2.75) is 0 Å². The summed E-state index contributed by atoms with van der Waals surface area (Å²) < 4.78 is 0.480. The summed E-state index contributed by atoms with van der Waals surface area (Å²) in [4.78, 5) is 22.7. The summed E-state index contributed by atoms with van der Waals surface area (Å²) in [5, 5.41) is 14.7. The molecule has 0 bridgehead atoms. The van der Waals surface area contributed by atoms with Gasteiger partial charge in [0.05, 0.1) is 11.3 Å². The van der Waals surface area contributed by atoms with Crippen molar-refractivity contribution in [1.29, 1.82) is 0 Å². The van der Waals surface area contributed by atoms with Crippen LogP contribution in [0.4, 0.5) is 16.2 Å². The number of carboxylic acids is 1. The lowest BCUT2D eigenvalue weighted by Crippen LogP contribution is -2.19. The van der Waals surface area contributed by atoms with Crippen molar-refractivity contribution in [3.8, 4) is 0 Å². The van der Waals surface area contributed by atoms with E-state index in [1.165, 1.54) is 18.2 Å². The van der Waals surface area contributed by atoms with E-state index in [0.29, 0.717) is 20.9 Å². The first-order valence-electron chi connectivity index (χ1n) is 5.82. The van der Waals surface area contributed by atoms with Crippen molar-refractivity contribution in [2.75, 3.05) is 10.6 Å². The van der Waals surface area contributed by atoms with Crippen LogP contribution in [0.3, 0.4) is 0 Å². The number of carbonyl (C=O) groups is 2. The highest BCUT2D eigenvalue weighted by molar-refractivity contribution is 9.10. The normalized spacial score (nSPS) is 10.0. The van der Waals surface area contributed by atoms with E-state index in [9.17, 15) is 9.59 Å². The Hall–Kier alpha value is -2.05. The van der Waals surface area contributed by atoms with E-state index in [-0.39, 0.29) is 5.56 Å². The molecular formula is C14H10BrClN2O3.